The first kappa shape index (κ1) is 15.5. The van der Waals surface area contributed by atoms with Gasteiger partial charge in [-0.15, -0.1) is 0 Å². The van der Waals surface area contributed by atoms with Crippen molar-refractivity contribution in [2.75, 3.05) is 32.8 Å². The van der Waals surface area contributed by atoms with Crippen LogP contribution in [0.2, 0.25) is 0 Å². The lowest BCUT2D eigenvalue weighted by Gasteiger charge is -2.32. The number of morpholine rings is 1. The third kappa shape index (κ3) is 2.89. The van der Waals surface area contributed by atoms with E-state index in [0.29, 0.717) is 39.4 Å². The van der Waals surface area contributed by atoms with Crippen LogP contribution >= 0.6 is 0 Å². The van der Waals surface area contributed by atoms with Crippen molar-refractivity contribution < 1.29 is 13.9 Å². The lowest BCUT2D eigenvalue weighted by Crippen LogP contribution is -2.49. The molecule has 4 heterocycles. The van der Waals surface area contributed by atoms with E-state index in [1.165, 1.54) is 0 Å². The Morgan fingerprint density at radius 2 is 2.17 bits per heavy atom. The molecule has 2 atom stereocenters. The Balaban J connectivity index is 1.54. The molecule has 4 rings (SSSR count). The van der Waals surface area contributed by atoms with Crippen molar-refractivity contribution in [3.63, 3.8) is 0 Å². The molecule has 2 fully saturated rings. The first-order valence-electron chi connectivity index (χ1n) is 8.38. The van der Waals surface area contributed by atoms with Gasteiger partial charge in [0.2, 0.25) is 5.91 Å². The van der Waals surface area contributed by atoms with Crippen LogP contribution in [-0.2, 0) is 16.1 Å². The number of alkyl halides is 1. The molecule has 2 aromatic heterocycles. The van der Waals surface area contributed by atoms with Crippen LogP contribution < -0.4 is 0 Å². The first-order valence-corrected chi connectivity index (χ1v) is 8.38. The number of imidazole rings is 1. The average Bonchev–Trinajstić information content (AvgIpc) is 3.22. The number of hydrogen-bond donors (Lipinski definition) is 0. The average molecular weight is 332 g/mol. The molecule has 0 radical (unpaired) electrons. The predicted molar refractivity (Wildman–Crippen MR) is 86.3 cm³/mol. The molecule has 128 valence electrons. The summed E-state index contributed by atoms with van der Waals surface area (Å²) in [5.41, 5.74) is 1.87. The number of aromatic nitrogens is 2. The van der Waals surface area contributed by atoms with Crippen molar-refractivity contribution in [3.05, 3.63) is 36.3 Å². The largest absolute Gasteiger partial charge is 0.378 e. The number of likely N-dealkylation sites (tertiary alicyclic amines) is 1. The van der Waals surface area contributed by atoms with Gasteiger partial charge in [-0.2, -0.15) is 0 Å². The Labute approximate surface area is 139 Å². The summed E-state index contributed by atoms with van der Waals surface area (Å²) >= 11 is 0. The second-order valence-electron chi connectivity index (χ2n) is 6.39. The van der Waals surface area contributed by atoms with E-state index in [0.717, 1.165) is 11.3 Å². The normalized spacial score (nSPS) is 25.5. The number of hydrogen-bond acceptors (Lipinski definition) is 4. The summed E-state index contributed by atoms with van der Waals surface area (Å²) in [4.78, 5) is 20.8. The minimum atomic E-state index is -0.956. The van der Waals surface area contributed by atoms with Gasteiger partial charge in [-0.05, 0) is 12.1 Å². The molecule has 2 aliphatic rings. The van der Waals surface area contributed by atoms with E-state index in [9.17, 15) is 9.18 Å². The van der Waals surface area contributed by atoms with Gasteiger partial charge >= 0.3 is 0 Å². The van der Waals surface area contributed by atoms with Crippen molar-refractivity contribution in [1.29, 1.82) is 0 Å². The molecule has 2 saturated heterocycles. The van der Waals surface area contributed by atoms with Crippen molar-refractivity contribution in [2.45, 2.75) is 25.2 Å². The highest BCUT2D eigenvalue weighted by molar-refractivity contribution is 5.82. The van der Waals surface area contributed by atoms with E-state index in [2.05, 4.69) is 4.98 Å². The van der Waals surface area contributed by atoms with E-state index < -0.39 is 12.2 Å². The molecular weight excluding hydrogens is 311 g/mol. The topological polar surface area (TPSA) is 50.1 Å². The summed E-state index contributed by atoms with van der Waals surface area (Å²) in [5, 5.41) is 0. The number of ether oxygens (including phenoxy) is 1. The van der Waals surface area contributed by atoms with Crippen LogP contribution in [0.15, 0.2) is 30.6 Å². The van der Waals surface area contributed by atoms with Crippen molar-refractivity contribution in [1.82, 2.24) is 19.2 Å². The lowest BCUT2D eigenvalue weighted by molar-refractivity contribution is -0.140. The first-order chi connectivity index (χ1) is 11.7. The number of pyridine rings is 1. The van der Waals surface area contributed by atoms with Gasteiger partial charge in [0.15, 0.2) is 0 Å². The Morgan fingerprint density at radius 3 is 3.00 bits per heavy atom. The highest BCUT2D eigenvalue weighted by Crippen LogP contribution is 2.25. The number of nitrogens with zero attached hydrogens (tertiary/aromatic N) is 4. The second kappa shape index (κ2) is 6.49. The Hall–Kier alpha value is -1.99. The van der Waals surface area contributed by atoms with Gasteiger partial charge < -0.3 is 14.0 Å². The van der Waals surface area contributed by atoms with E-state index in [1.54, 1.807) is 11.1 Å². The quantitative estimate of drug-likeness (QED) is 0.845. The summed E-state index contributed by atoms with van der Waals surface area (Å²) in [7, 11) is 0. The molecule has 2 aromatic rings. The smallest absolute Gasteiger partial charge is 0.240 e. The molecule has 2 aliphatic heterocycles. The van der Waals surface area contributed by atoms with Crippen LogP contribution in [0, 0.1) is 0 Å². The third-order valence-corrected chi connectivity index (χ3v) is 4.84. The van der Waals surface area contributed by atoms with Crippen LogP contribution in [0.5, 0.6) is 0 Å². The summed E-state index contributed by atoms with van der Waals surface area (Å²) in [5.74, 6) is 0.0243. The fourth-order valence-electron chi connectivity index (χ4n) is 3.62. The summed E-state index contributed by atoms with van der Waals surface area (Å²) < 4.78 is 21.3. The maximum atomic E-state index is 14.1. The number of rotatable bonds is 3. The van der Waals surface area contributed by atoms with Crippen molar-refractivity contribution >= 4 is 11.6 Å². The highest BCUT2D eigenvalue weighted by Gasteiger charge is 2.39. The van der Waals surface area contributed by atoms with Gasteiger partial charge in [0.1, 0.15) is 11.8 Å². The number of fused-ring (bicyclic) bond motifs is 1. The van der Waals surface area contributed by atoms with Gasteiger partial charge in [0.25, 0.3) is 0 Å². The molecule has 0 N–H and O–H groups in total. The SMILES string of the molecule is O=C([C@@H]1C[C@@H](F)CN1Cc1cccc2nccn12)N1CCOCC1. The molecule has 0 saturated carbocycles. The van der Waals surface area contributed by atoms with E-state index >= 15 is 0 Å². The molecule has 7 heteroatoms. The van der Waals surface area contributed by atoms with Crippen LogP contribution in [0.4, 0.5) is 4.39 Å². The van der Waals surface area contributed by atoms with Gasteiger partial charge in [-0.1, -0.05) is 6.07 Å². The van der Waals surface area contributed by atoms with E-state index in [-0.39, 0.29) is 12.3 Å². The number of carbonyl (C=O) groups is 1. The van der Waals surface area contributed by atoms with Crippen molar-refractivity contribution in [3.8, 4) is 0 Å². The van der Waals surface area contributed by atoms with Gasteiger partial charge in [0, 0.05) is 50.7 Å². The standard InChI is InChI=1S/C17H21FN4O2/c18-13-10-15(17(23)20-6-8-24-9-7-20)21(11-13)12-14-2-1-3-16-19-4-5-22(14)16/h1-5,13,15H,6-12H2/t13-,15+/m1/s1. The van der Waals surface area contributed by atoms with E-state index in [1.807, 2.05) is 33.7 Å². The second-order valence-corrected chi connectivity index (χ2v) is 6.39. The molecular formula is C17H21FN4O2. The molecule has 1 amide bonds. The van der Waals surface area contributed by atoms with Crippen LogP contribution in [0.3, 0.4) is 0 Å². The zero-order chi connectivity index (χ0) is 16.5. The van der Waals surface area contributed by atoms with Crippen LogP contribution in [0.25, 0.3) is 5.65 Å². The van der Waals surface area contributed by atoms with Crippen LogP contribution in [0.1, 0.15) is 12.1 Å². The molecule has 0 spiro atoms. The van der Waals surface area contributed by atoms with Gasteiger partial charge in [-0.25, -0.2) is 9.37 Å². The molecule has 6 nitrogen and oxygen atoms in total. The molecule has 0 aliphatic carbocycles. The lowest BCUT2D eigenvalue weighted by atomic mass is 10.1. The number of carbonyl (C=O) groups excluding carboxylic acids is 1. The van der Waals surface area contributed by atoms with Crippen molar-refractivity contribution in [2.24, 2.45) is 0 Å². The number of amides is 1. The third-order valence-electron chi connectivity index (χ3n) is 4.84. The zero-order valence-corrected chi connectivity index (χ0v) is 13.5. The van der Waals surface area contributed by atoms with Gasteiger partial charge in [-0.3, -0.25) is 9.69 Å². The Kier molecular flexibility index (Phi) is 4.20. The summed E-state index contributed by atoms with van der Waals surface area (Å²) in [6.45, 7) is 3.15. The Bertz CT molecular complexity index is 728. The van der Waals surface area contributed by atoms with E-state index in [4.69, 9.17) is 4.74 Å². The maximum absolute atomic E-state index is 14.1. The summed E-state index contributed by atoms with van der Waals surface area (Å²) in [6.07, 6.45) is 2.96. The number of halogens is 1. The zero-order valence-electron chi connectivity index (χ0n) is 13.5. The molecule has 0 aromatic carbocycles. The Morgan fingerprint density at radius 1 is 1.33 bits per heavy atom. The minimum Gasteiger partial charge on any atom is -0.378 e. The minimum absolute atomic E-state index is 0.0243. The highest BCUT2D eigenvalue weighted by atomic mass is 19.1. The van der Waals surface area contributed by atoms with Crippen LogP contribution in [-0.4, -0.2) is 70.2 Å². The summed E-state index contributed by atoms with van der Waals surface area (Å²) in [6, 6.07) is 5.48. The fraction of sp³-hybridized carbons (Fsp3) is 0.529. The predicted octanol–water partition coefficient (Wildman–Crippen LogP) is 1.11. The van der Waals surface area contributed by atoms with Gasteiger partial charge in [0.05, 0.1) is 19.3 Å². The monoisotopic (exact) mass is 332 g/mol. The molecule has 0 bridgehead atoms. The molecule has 0 unspecified atom stereocenters. The molecule has 24 heavy (non-hydrogen) atoms. The maximum Gasteiger partial charge on any atom is 0.240 e. The fourth-order valence-corrected chi connectivity index (χ4v) is 3.62.